The van der Waals surface area contributed by atoms with Crippen LogP contribution >= 0.6 is 0 Å². The van der Waals surface area contributed by atoms with Gasteiger partial charge in [0, 0.05) is 46.6 Å². The zero-order chi connectivity index (χ0) is 18.3. The maximum absolute atomic E-state index is 5.32. The van der Waals surface area contributed by atoms with Crippen molar-refractivity contribution in [1.82, 2.24) is 20.4 Å². The lowest BCUT2D eigenvalue weighted by Crippen LogP contribution is -2.44. The number of hydrogen-bond donors (Lipinski definition) is 2. The lowest BCUT2D eigenvalue weighted by Gasteiger charge is -2.30. The summed E-state index contributed by atoms with van der Waals surface area (Å²) in [7, 11) is 5.63. The van der Waals surface area contributed by atoms with Gasteiger partial charge in [-0.15, -0.1) is 0 Å². The van der Waals surface area contributed by atoms with Gasteiger partial charge in [0.2, 0.25) is 0 Å². The van der Waals surface area contributed by atoms with Crippen LogP contribution in [0.2, 0.25) is 0 Å². The lowest BCUT2D eigenvalue weighted by atomic mass is 9.83. The lowest BCUT2D eigenvalue weighted by molar-refractivity contribution is 0.138. The van der Waals surface area contributed by atoms with Gasteiger partial charge in [-0.05, 0) is 50.5 Å². The van der Waals surface area contributed by atoms with Gasteiger partial charge in [-0.25, -0.2) is 0 Å². The van der Waals surface area contributed by atoms with Crippen molar-refractivity contribution < 1.29 is 4.74 Å². The predicted octanol–water partition coefficient (Wildman–Crippen LogP) is 2.34. The molecular weight excluding hydrogens is 314 g/mol. The molecule has 1 saturated carbocycles. The molecule has 0 unspecified atom stereocenters. The van der Waals surface area contributed by atoms with Gasteiger partial charge in [-0.1, -0.05) is 12.8 Å². The van der Waals surface area contributed by atoms with Crippen LogP contribution in [0.25, 0.3) is 0 Å². The molecule has 1 aromatic rings. The highest BCUT2D eigenvalue weighted by molar-refractivity contribution is 5.79. The van der Waals surface area contributed by atoms with E-state index >= 15 is 0 Å². The highest BCUT2D eigenvalue weighted by atomic mass is 16.5. The first kappa shape index (κ1) is 19.8. The Morgan fingerprint density at radius 1 is 1.28 bits per heavy atom. The van der Waals surface area contributed by atoms with E-state index < -0.39 is 0 Å². The van der Waals surface area contributed by atoms with Crippen molar-refractivity contribution in [3.8, 4) is 0 Å². The second-order valence-electron chi connectivity index (χ2n) is 7.33. The highest BCUT2D eigenvalue weighted by Gasteiger charge is 2.33. The van der Waals surface area contributed by atoms with Gasteiger partial charge in [0.05, 0.1) is 5.69 Å². The van der Waals surface area contributed by atoms with Crippen LogP contribution in [0.4, 0.5) is 0 Å². The number of methoxy groups -OCH3 is 1. The summed E-state index contributed by atoms with van der Waals surface area (Å²) >= 11 is 0. The van der Waals surface area contributed by atoms with Gasteiger partial charge < -0.3 is 15.4 Å². The Morgan fingerprint density at radius 2 is 2.00 bits per heavy atom. The maximum Gasteiger partial charge on any atom is 0.191 e. The second-order valence-corrected chi connectivity index (χ2v) is 7.33. The summed E-state index contributed by atoms with van der Waals surface area (Å²) in [5, 5.41) is 11.5. The van der Waals surface area contributed by atoms with Crippen molar-refractivity contribution in [3.63, 3.8) is 0 Å². The van der Waals surface area contributed by atoms with E-state index in [0.29, 0.717) is 5.41 Å². The smallest absolute Gasteiger partial charge is 0.191 e. The van der Waals surface area contributed by atoms with Gasteiger partial charge in [0.15, 0.2) is 5.96 Å². The van der Waals surface area contributed by atoms with Crippen LogP contribution in [-0.4, -0.2) is 49.6 Å². The molecule has 1 fully saturated rings. The normalized spacial score (nSPS) is 17.1. The average molecular weight is 350 g/mol. The summed E-state index contributed by atoms with van der Waals surface area (Å²) in [5.41, 5.74) is 4.06. The van der Waals surface area contributed by atoms with Gasteiger partial charge in [-0.3, -0.25) is 9.67 Å². The number of aliphatic imine (C=N–C) groups is 1. The van der Waals surface area contributed by atoms with Crippen LogP contribution in [0.15, 0.2) is 4.99 Å². The highest BCUT2D eigenvalue weighted by Crippen LogP contribution is 2.40. The van der Waals surface area contributed by atoms with Crippen LogP contribution in [0, 0.1) is 19.3 Å². The van der Waals surface area contributed by atoms with Crippen molar-refractivity contribution in [1.29, 1.82) is 0 Å². The average Bonchev–Trinajstić information content (AvgIpc) is 3.16. The number of guanidine groups is 1. The molecule has 0 atom stereocenters. The summed E-state index contributed by atoms with van der Waals surface area (Å²) < 4.78 is 7.27. The minimum atomic E-state index is 0.365. The van der Waals surface area contributed by atoms with Crippen LogP contribution < -0.4 is 10.6 Å². The Bertz CT molecular complexity index is 573. The molecule has 0 aliphatic heterocycles. The van der Waals surface area contributed by atoms with Crippen LogP contribution in [-0.2, 0) is 18.2 Å². The first-order valence-electron chi connectivity index (χ1n) is 9.44. The molecule has 0 spiro atoms. The number of rotatable bonds is 8. The number of aryl methyl sites for hydroxylation is 2. The molecule has 6 nitrogen and oxygen atoms in total. The van der Waals surface area contributed by atoms with E-state index in [1.54, 1.807) is 7.11 Å². The molecule has 6 heteroatoms. The minimum Gasteiger partial charge on any atom is -0.385 e. The van der Waals surface area contributed by atoms with Gasteiger partial charge in [-0.2, -0.15) is 5.10 Å². The molecular formula is C19H35N5O. The summed E-state index contributed by atoms with van der Waals surface area (Å²) in [6.07, 6.45) is 7.32. The summed E-state index contributed by atoms with van der Waals surface area (Å²) in [6, 6.07) is 0. The van der Waals surface area contributed by atoms with Crippen molar-refractivity contribution in [2.75, 3.05) is 33.9 Å². The van der Waals surface area contributed by atoms with Gasteiger partial charge in [0.1, 0.15) is 0 Å². The number of nitrogens with zero attached hydrogens (tertiary/aromatic N) is 3. The second kappa shape index (κ2) is 9.22. The predicted molar refractivity (Wildman–Crippen MR) is 103 cm³/mol. The first-order valence-corrected chi connectivity index (χ1v) is 9.44. The van der Waals surface area contributed by atoms with Crippen LogP contribution in [0.5, 0.6) is 0 Å². The van der Waals surface area contributed by atoms with Crippen molar-refractivity contribution in [2.45, 2.75) is 52.4 Å². The Balaban J connectivity index is 1.82. The van der Waals surface area contributed by atoms with Crippen molar-refractivity contribution >= 4 is 5.96 Å². The first-order chi connectivity index (χ1) is 12.0. The summed E-state index contributed by atoms with van der Waals surface area (Å²) in [4.78, 5) is 4.38. The molecule has 0 amide bonds. The molecule has 1 aliphatic carbocycles. The standard InChI is InChI=1S/C19H35N5O/c1-15-17(16(2)24(4)23-15)8-12-21-18(20-3)22-14-19(11-13-25-5)9-6-7-10-19/h6-14H2,1-5H3,(H2,20,21,22). The third-order valence-electron chi connectivity index (χ3n) is 5.68. The van der Waals surface area contributed by atoms with E-state index in [2.05, 4.69) is 34.6 Å². The van der Waals surface area contributed by atoms with Gasteiger partial charge in [0.25, 0.3) is 0 Å². The Labute approximate surface area is 152 Å². The van der Waals surface area contributed by atoms with Crippen molar-refractivity contribution in [3.05, 3.63) is 17.0 Å². The van der Waals surface area contributed by atoms with E-state index in [9.17, 15) is 0 Å². The van der Waals surface area contributed by atoms with E-state index in [1.807, 2.05) is 18.8 Å². The number of hydrogen-bond acceptors (Lipinski definition) is 3. The van der Waals surface area contributed by atoms with Gasteiger partial charge >= 0.3 is 0 Å². The van der Waals surface area contributed by atoms with E-state index in [1.165, 1.54) is 36.9 Å². The largest absolute Gasteiger partial charge is 0.385 e. The number of ether oxygens (including phenoxy) is 1. The molecule has 1 heterocycles. The quantitative estimate of drug-likeness (QED) is 0.558. The molecule has 0 aromatic carbocycles. The van der Waals surface area contributed by atoms with E-state index in [-0.39, 0.29) is 0 Å². The Hall–Kier alpha value is -1.56. The molecule has 0 bridgehead atoms. The third-order valence-corrected chi connectivity index (χ3v) is 5.68. The number of aromatic nitrogens is 2. The SMILES string of the molecule is CN=C(NCCc1c(C)nn(C)c1C)NCC1(CCOC)CCCC1. The third kappa shape index (κ3) is 5.21. The molecule has 0 radical (unpaired) electrons. The summed E-state index contributed by atoms with van der Waals surface area (Å²) in [5.74, 6) is 0.892. The van der Waals surface area contributed by atoms with Crippen LogP contribution in [0.3, 0.4) is 0 Å². The minimum absolute atomic E-state index is 0.365. The molecule has 1 aliphatic rings. The zero-order valence-electron chi connectivity index (χ0n) is 16.6. The molecule has 142 valence electrons. The molecule has 0 saturated heterocycles. The fraction of sp³-hybridized carbons (Fsp3) is 0.789. The number of nitrogens with one attached hydrogen (secondary N) is 2. The molecule has 25 heavy (non-hydrogen) atoms. The zero-order valence-corrected chi connectivity index (χ0v) is 16.6. The molecule has 1 aromatic heterocycles. The van der Waals surface area contributed by atoms with Crippen molar-refractivity contribution in [2.24, 2.45) is 17.5 Å². The molecule has 2 N–H and O–H groups in total. The van der Waals surface area contributed by atoms with Crippen LogP contribution in [0.1, 0.15) is 49.1 Å². The fourth-order valence-electron chi connectivity index (χ4n) is 3.94. The fourth-order valence-corrected chi connectivity index (χ4v) is 3.94. The van der Waals surface area contributed by atoms with E-state index in [4.69, 9.17) is 4.74 Å². The topological polar surface area (TPSA) is 63.5 Å². The Morgan fingerprint density at radius 3 is 2.56 bits per heavy atom. The molecule has 2 rings (SSSR count). The summed E-state index contributed by atoms with van der Waals surface area (Å²) in [6.45, 7) is 6.88. The Kier molecular flexibility index (Phi) is 7.29. The van der Waals surface area contributed by atoms with E-state index in [0.717, 1.165) is 44.2 Å². The monoisotopic (exact) mass is 349 g/mol. The maximum atomic E-state index is 5.32.